The maximum absolute atomic E-state index is 4.07. The first-order chi connectivity index (χ1) is 9.99. The number of nitrogens with zero attached hydrogens (tertiary/aromatic N) is 1. The van der Waals surface area contributed by atoms with Crippen molar-refractivity contribution in [2.24, 2.45) is 0 Å². The summed E-state index contributed by atoms with van der Waals surface area (Å²) < 4.78 is 0. The smallest absolute Gasteiger partial charge is 0.0522 e. The fourth-order valence-corrected chi connectivity index (χ4v) is 3.20. The lowest BCUT2D eigenvalue weighted by atomic mass is 9.95. The number of nitrogens with one attached hydrogen (secondary N) is 2. The summed E-state index contributed by atoms with van der Waals surface area (Å²) in [5.41, 5.74) is 8.08. The number of aromatic amines is 1. The summed E-state index contributed by atoms with van der Waals surface area (Å²) in [6.45, 7) is 11.9. The van der Waals surface area contributed by atoms with Crippen LogP contribution in [0.15, 0.2) is 18.3 Å². The molecule has 1 heterocycles. The highest BCUT2D eigenvalue weighted by molar-refractivity contribution is 5.39. The second-order valence-electron chi connectivity index (χ2n) is 6.11. The van der Waals surface area contributed by atoms with Crippen molar-refractivity contribution >= 4 is 0 Å². The summed E-state index contributed by atoms with van der Waals surface area (Å²) in [6.07, 6.45) is 4.15. The van der Waals surface area contributed by atoms with Crippen LogP contribution in [-0.4, -0.2) is 16.7 Å². The molecule has 0 spiro atoms. The van der Waals surface area contributed by atoms with Crippen LogP contribution in [0, 0.1) is 27.7 Å². The van der Waals surface area contributed by atoms with Crippen molar-refractivity contribution in [3.8, 4) is 0 Å². The van der Waals surface area contributed by atoms with Crippen molar-refractivity contribution in [3.63, 3.8) is 0 Å². The normalized spacial score (nSPS) is 12.6. The van der Waals surface area contributed by atoms with Crippen LogP contribution < -0.4 is 5.32 Å². The zero-order valence-corrected chi connectivity index (χ0v) is 13.9. The molecule has 0 fully saturated rings. The molecule has 21 heavy (non-hydrogen) atoms. The number of hydrogen-bond acceptors (Lipinski definition) is 2. The Hall–Kier alpha value is -1.61. The highest BCUT2D eigenvalue weighted by Crippen LogP contribution is 2.23. The minimum atomic E-state index is 0.399. The quantitative estimate of drug-likeness (QED) is 0.790. The number of rotatable bonds is 6. The molecule has 0 aliphatic carbocycles. The van der Waals surface area contributed by atoms with E-state index in [1.165, 1.54) is 33.5 Å². The van der Waals surface area contributed by atoms with E-state index in [0.29, 0.717) is 6.04 Å². The van der Waals surface area contributed by atoms with E-state index in [4.69, 9.17) is 0 Å². The Balaban J connectivity index is 1.88. The van der Waals surface area contributed by atoms with Crippen LogP contribution in [0.3, 0.4) is 0 Å². The first-order valence-electron chi connectivity index (χ1n) is 7.79. The Bertz CT molecular complexity index is 575. The van der Waals surface area contributed by atoms with Gasteiger partial charge in [0.2, 0.25) is 0 Å². The molecule has 1 aromatic carbocycles. The predicted molar refractivity (Wildman–Crippen MR) is 88.7 cm³/mol. The number of H-pyrrole nitrogens is 1. The summed E-state index contributed by atoms with van der Waals surface area (Å²) in [4.78, 5) is 0. The second-order valence-corrected chi connectivity index (χ2v) is 6.11. The first kappa shape index (κ1) is 15.8. The lowest BCUT2D eigenvalue weighted by molar-refractivity contribution is 0.554. The molecular formula is C18H27N3. The van der Waals surface area contributed by atoms with Crippen LogP contribution in [0.4, 0.5) is 0 Å². The molecule has 0 saturated carbocycles. The fraction of sp³-hybridized carbons (Fsp3) is 0.500. The molecule has 0 radical (unpaired) electrons. The maximum atomic E-state index is 4.07. The van der Waals surface area contributed by atoms with Crippen LogP contribution in [0.5, 0.6) is 0 Å². The molecule has 0 bridgehead atoms. The van der Waals surface area contributed by atoms with Gasteiger partial charge < -0.3 is 5.32 Å². The first-order valence-corrected chi connectivity index (χ1v) is 7.79. The molecule has 1 unspecified atom stereocenters. The maximum Gasteiger partial charge on any atom is 0.0522 e. The Morgan fingerprint density at radius 1 is 1.14 bits per heavy atom. The SMILES string of the molecule is Cc1cc(C)c(C(C)NCCCc2cn[nH]c2C)c(C)c1. The second kappa shape index (κ2) is 6.90. The Morgan fingerprint density at radius 3 is 2.38 bits per heavy atom. The van der Waals surface area contributed by atoms with E-state index in [9.17, 15) is 0 Å². The van der Waals surface area contributed by atoms with E-state index in [2.05, 4.69) is 62.3 Å². The van der Waals surface area contributed by atoms with Crippen molar-refractivity contribution in [2.75, 3.05) is 6.54 Å². The summed E-state index contributed by atoms with van der Waals surface area (Å²) in [5.74, 6) is 0. The molecule has 2 N–H and O–H groups in total. The van der Waals surface area contributed by atoms with Gasteiger partial charge in [-0.05, 0) is 76.3 Å². The molecule has 3 heteroatoms. The average Bonchev–Trinajstić information content (AvgIpc) is 2.79. The molecule has 3 nitrogen and oxygen atoms in total. The van der Waals surface area contributed by atoms with Crippen LogP contribution in [0.25, 0.3) is 0 Å². The van der Waals surface area contributed by atoms with Crippen LogP contribution in [-0.2, 0) is 6.42 Å². The van der Waals surface area contributed by atoms with E-state index in [-0.39, 0.29) is 0 Å². The molecule has 1 aromatic heterocycles. The number of benzene rings is 1. The molecule has 0 aliphatic rings. The minimum absolute atomic E-state index is 0.399. The number of aryl methyl sites for hydroxylation is 5. The lowest BCUT2D eigenvalue weighted by Gasteiger charge is -2.20. The third-order valence-corrected chi connectivity index (χ3v) is 4.18. The average molecular weight is 285 g/mol. The van der Waals surface area contributed by atoms with E-state index in [0.717, 1.165) is 19.4 Å². The van der Waals surface area contributed by atoms with Crippen molar-refractivity contribution in [1.82, 2.24) is 15.5 Å². The van der Waals surface area contributed by atoms with Crippen LogP contribution in [0.2, 0.25) is 0 Å². The van der Waals surface area contributed by atoms with E-state index in [1.807, 2.05) is 6.20 Å². The fourth-order valence-electron chi connectivity index (χ4n) is 3.20. The molecule has 2 rings (SSSR count). The Morgan fingerprint density at radius 2 is 1.81 bits per heavy atom. The van der Waals surface area contributed by atoms with E-state index in [1.54, 1.807) is 0 Å². The van der Waals surface area contributed by atoms with Gasteiger partial charge in [0, 0.05) is 11.7 Å². The molecule has 0 aliphatic heterocycles. The monoisotopic (exact) mass is 285 g/mol. The lowest BCUT2D eigenvalue weighted by Crippen LogP contribution is -2.22. The van der Waals surface area contributed by atoms with Gasteiger partial charge in [-0.15, -0.1) is 0 Å². The highest BCUT2D eigenvalue weighted by atomic mass is 15.1. The Kier molecular flexibility index (Phi) is 5.18. The van der Waals surface area contributed by atoms with Crippen molar-refractivity contribution in [2.45, 2.75) is 53.5 Å². The van der Waals surface area contributed by atoms with Crippen LogP contribution in [0.1, 0.15) is 52.9 Å². The molecule has 0 amide bonds. The zero-order chi connectivity index (χ0) is 15.4. The van der Waals surface area contributed by atoms with Crippen molar-refractivity contribution in [3.05, 3.63) is 51.8 Å². The highest BCUT2D eigenvalue weighted by Gasteiger charge is 2.11. The summed E-state index contributed by atoms with van der Waals surface area (Å²) in [7, 11) is 0. The minimum Gasteiger partial charge on any atom is -0.310 e. The Labute approximate surface area is 128 Å². The number of hydrogen-bond donors (Lipinski definition) is 2. The van der Waals surface area contributed by atoms with Gasteiger partial charge in [-0.2, -0.15) is 5.10 Å². The molecule has 2 aromatic rings. The number of aromatic nitrogens is 2. The van der Waals surface area contributed by atoms with Gasteiger partial charge in [-0.3, -0.25) is 5.10 Å². The van der Waals surface area contributed by atoms with Gasteiger partial charge >= 0.3 is 0 Å². The van der Waals surface area contributed by atoms with Gasteiger partial charge in [0.25, 0.3) is 0 Å². The van der Waals surface area contributed by atoms with Gasteiger partial charge in [0.1, 0.15) is 0 Å². The largest absolute Gasteiger partial charge is 0.310 e. The standard InChI is InChI=1S/C18H27N3/c1-12-9-13(2)18(14(3)10-12)16(5)19-8-6-7-17-11-20-21-15(17)4/h9-11,16,19H,6-8H2,1-5H3,(H,20,21). The topological polar surface area (TPSA) is 40.7 Å². The van der Waals surface area contributed by atoms with Gasteiger partial charge in [0.15, 0.2) is 0 Å². The van der Waals surface area contributed by atoms with Gasteiger partial charge in [-0.25, -0.2) is 0 Å². The zero-order valence-electron chi connectivity index (χ0n) is 13.9. The van der Waals surface area contributed by atoms with E-state index < -0.39 is 0 Å². The van der Waals surface area contributed by atoms with Gasteiger partial charge in [-0.1, -0.05) is 17.7 Å². The molecule has 0 saturated heterocycles. The summed E-state index contributed by atoms with van der Waals surface area (Å²) in [6, 6.07) is 4.95. The summed E-state index contributed by atoms with van der Waals surface area (Å²) in [5, 5.41) is 10.7. The van der Waals surface area contributed by atoms with Gasteiger partial charge in [0.05, 0.1) is 6.20 Å². The third kappa shape index (κ3) is 3.94. The van der Waals surface area contributed by atoms with Crippen molar-refractivity contribution in [1.29, 1.82) is 0 Å². The predicted octanol–water partition coefficient (Wildman–Crippen LogP) is 3.93. The van der Waals surface area contributed by atoms with E-state index >= 15 is 0 Å². The molecule has 1 atom stereocenters. The third-order valence-electron chi connectivity index (χ3n) is 4.18. The van der Waals surface area contributed by atoms with Crippen LogP contribution >= 0.6 is 0 Å². The summed E-state index contributed by atoms with van der Waals surface area (Å²) >= 11 is 0. The molecule has 114 valence electrons. The van der Waals surface area contributed by atoms with Crippen molar-refractivity contribution < 1.29 is 0 Å². The molecular weight excluding hydrogens is 258 g/mol.